The lowest BCUT2D eigenvalue weighted by molar-refractivity contribution is 0.0953. The Hall–Kier alpha value is -2.61. The second-order valence-corrected chi connectivity index (χ2v) is 4.97. The van der Waals surface area contributed by atoms with Gasteiger partial charge in [-0.25, -0.2) is 0 Å². The Balaban J connectivity index is 0.000000162. The average molecular weight is 291 g/mol. The third-order valence-corrected chi connectivity index (χ3v) is 3.23. The molecule has 22 heavy (non-hydrogen) atoms. The van der Waals surface area contributed by atoms with Crippen LogP contribution in [-0.4, -0.2) is 12.5 Å². The predicted octanol–water partition coefficient (Wildman–Crippen LogP) is 4.67. The van der Waals surface area contributed by atoms with Gasteiger partial charge >= 0.3 is 0 Å². The van der Waals surface area contributed by atoms with Crippen LogP contribution in [0.15, 0.2) is 78.9 Å². The van der Waals surface area contributed by atoms with Crippen LogP contribution in [0.25, 0.3) is 10.8 Å². The SMILES string of the molecule is CCCNC(=O)c1ccccc1.c1ccc2ccccc2c1. The van der Waals surface area contributed by atoms with E-state index in [1.807, 2.05) is 37.3 Å². The Morgan fingerprint density at radius 1 is 0.773 bits per heavy atom. The molecule has 1 amide bonds. The Labute approximate surface area is 131 Å². The molecule has 0 saturated heterocycles. The number of nitrogens with one attached hydrogen (secondary N) is 1. The first-order valence-corrected chi connectivity index (χ1v) is 7.58. The molecule has 0 aliphatic heterocycles. The van der Waals surface area contributed by atoms with E-state index in [1.165, 1.54) is 10.8 Å². The molecule has 2 heteroatoms. The van der Waals surface area contributed by atoms with Gasteiger partial charge in [-0.15, -0.1) is 0 Å². The topological polar surface area (TPSA) is 29.1 Å². The summed E-state index contributed by atoms with van der Waals surface area (Å²) in [6.07, 6.45) is 0.971. The van der Waals surface area contributed by atoms with E-state index in [2.05, 4.69) is 53.8 Å². The first-order valence-electron chi connectivity index (χ1n) is 7.58. The van der Waals surface area contributed by atoms with Crippen LogP contribution in [0.5, 0.6) is 0 Å². The molecule has 0 aromatic heterocycles. The molecule has 0 heterocycles. The zero-order chi connectivity index (χ0) is 15.6. The van der Waals surface area contributed by atoms with E-state index in [9.17, 15) is 4.79 Å². The van der Waals surface area contributed by atoms with Crippen LogP contribution in [0, 0.1) is 0 Å². The Morgan fingerprint density at radius 2 is 1.23 bits per heavy atom. The minimum Gasteiger partial charge on any atom is -0.352 e. The lowest BCUT2D eigenvalue weighted by Gasteiger charge is -2.01. The van der Waals surface area contributed by atoms with E-state index in [0.717, 1.165) is 18.5 Å². The standard InChI is InChI=1S/C10H13NO.C10H8/c1-2-8-11-10(12)9-6-4-3-5-7-9;1-2-6-10-8-4-3-7-9(10)5-1/h3-7H,2,8H2,1H3,(H,11,12);1-8H. The second-order valence-electron chi connectivity index (χ2n) is 4.97. The minimum atomic E-state index is 0.0115. The van der Waals surface area contributed by atoms with Gasteiger partial charge in [0.25, 0.3) is 5.91 Å². The van der Waals surface area contributed by atoms with Crippen LogP contribution in [0.1, 0.15) is 23.7 Å². The van der Waals surface area contributed by atoms with E-state index in [-0.39, 0.29) is 5.91 Å². The number of rotatable bonds is 3. The average Bonchev–Trinajstić information content (AvgIpc) is 2.61. The van der Waals surface area contributed by atoms with Crippen molar-refractivity contribution in [3.05, 3.63) is 84.4 Å². The molecular formula is C20H21NO. The Kier molecular flexibility index (Phi) is 6.18. The molecule has 0 bridgehead atoms. The molecule has 0 aliphatic rings. The number of carbonyl (C=O) groups is 1. The molecule has 0 unspecified atom stereocenters. The van der Waals surface area contributed by atoms with Gasteiger partial charge in [0.05, 0.1) is 0 Å². The highest BCUT2D eigenvalue weighted by molar-refractivity contribution is 5.94. The van der Waals surface area contributed by atoms with Gasteiger partial charge in [-0.2, -0.15) is 0 Å². The highest BCUT2D eigenvalue weighted by atomic mass is 16.1. The molecule has 112 valence electrons. The highest BCUT2D eigenvalue weighted by Gasteiger charge is 2.00. The summed E-state index contributed by atoms with van der Waals surface area (Å²) in [5.74, 6) is 0.0115. The van der Waals surface area contributed by atoms with Crippen LogP contribution in [-0.2, 0) is 0 Å². The normalized spacial score (nSPS) is 9.68. The van der Waals surface area contributed by atoms with Crippen molar-refractivity contribution in [3.63, 3.8) is 0 Å². The van der Waals surface area contributed by atoms with Gasteiger partial charge in [0.15, 0.2) is 0 Å². The molecule has 2 nitrogen and oxygen atoms in total. The number of hydrogen-bond acceptors (Lipinski definition) is 1. The fourth-order valence-electron chi connectivity index (χ4n) is 2.06. The third kappa shape index (κ3) is 4.74. The van der Waals surface area contributed by atoms with Crippen LogP contribution in [0.3, 0.4) is 0 Å². The lowest BCUT2D eigenvalue weighted by atomic mass is 10.1. The molecular weight excluding hydrogens is 270 g/mol. The third-order valence-electron chi connectivity index (χ3n) is 3.23. The zero-order valence-corrected chi connectivity index (χ0v) is 12.8. The fraction of sp³-hybridized carbons (Fsp3) is 0.150. The maximum atomic E-state index is 11.3. The summed E-state index contributed by atoms with van der Waals surface area (Å²) in [6.45, 7) is 2.78. The van der Waals surface area contributed by atoms with Crippen molar-refractivity contribution < 1.29 is 4.79 Å². The molecule has 3 aromatic carbocycles. The molecule has 0 aliphatic carbocycles. The van der Waals surface area contributed by atoms with Gasteiger partial charge in [0.2, 0.25) is 0 Å². The van der Waals surface area contributed by atoms with Crippen LogP contribution in [0.2, 0.25) is 0 Å². The van der Waals surface area contributed by atoms with Crippen LogP contribution in [0.4, 0.5) is 0 Å². The lowest BCUT2D eigenvalue weighted by Crippen LogP contribution is -2.23. The molecule has 1 N–H and O–H groups in total. The summed E-state index contributed by atoms with van der Waals surface area (Å²) < 4.78 is 0. The van der Waals surface area contributed by atoms with E-state index in [0.29, 0.717) is 0 Å². The summed E-state index contributed by atoms with van der Waals surface area (Å²) in [4.78, 5) is 11.3. The van der Waals surface area contributed by atoms with E-state index in [4.69, 9.17) is 0 Å². The van der Waals surface area contributed by atoms with Crippen molar-refractivity contribution in [2.24, 2.45) is 0 Å². The van der Waals surface area contributed by atoms with E-state index < -0.39 is 0 Å². The molecule has 0 atom stereocenters. The number of hydrogen-bond donors (Lipinski definition) is 1. The summed E-state index contributed by atoms with van der Waals surface area (Å²) in [6, 6.07) is 26.0. The van der Waals surface area contributed by atoms with Gasteiger partial charge in [-0.05, 0) is 29.3 Å². The summed E-state index contributed by atoms with van der Waals surface area (Å²) in [5.41, 5.74) is 0.728. The van der Waals surface area contributed by atoms with E-state index >= 15 is 0 Å². The van der Waals surface area contributed by atoms with Crippen molar-refractivity contribution in [1.29, 1.82) is 0 Å². The first kappa shape index (κ1) is 15.8. The Bertz CT molecular complexity index is 641. The van der Waals surface area contributed by atoms with Gasteiger partial charge < -0.3 is 5.32 Å². The maximum absolute atomic E-state index is 11.3. The van der Waals surface area contributed by atoms with Crippen molar-refractivity contribution in [1.82, 2.24) is 5.32 Å². The highest BCUT2D eigenvalue weighted by Crippen LogP contribution is 2.11. The van der Waals surface area contributed by atoms with Crippen LogP contribution >= 0.6 is 0 Å². The minimum absolute atomic E-state index is 0.0115. The second kappa shape index (κ2) is 8.63. The number of amides is 1. The van der Waals surface area contributed by atoms with Crippen molar-refractivity contribution >= 4 is 16.7 Å². The first-order chi connectivity index (χ1) is 10.8. The number of fused-ring (bicyclic) bond motifs is 1. The predicted molar refractivity (Wildman–Crippen MR) is 93.0 cm³/mol. The Morgan fingerprint density at radius 3 is 1.68 bits per heavy atom. The monoisotopic (exact) mass is 291 g/mol. The number of carbonyl (C=O) groups excluding carboxylic acids is 1. The molecule has 0 fully saturated rings. The van der Waals surface area contributed by atoms with Gasteiger partial charge in [0.1, 0.15) is 0 Å². The van der Waals surface area contributed by atoms with Gasteiger partial charge in [-0.3, -0.25) is 4.79 Å². The van der Waals surface area contributed by atoms with Crippen molar-refractivity contribution in [3.8, 4) is 0 Å². The zero-order valence-electron chi connectivity index (χ0n) is 12.8. The summed E-state index contributed by atoms with van der Waals surface area (Å²) in [7, 11) is 0. The molecule has 0 radical (unpaired) electrons. The van der Waals surface area contributed by atoms with Crippen molar-refractivity contribution in [2.75, 3.05) is 6.54 Å². The summed E-state index contributed by atoms with van der Waals surface area (Å²) >= 11 is 0. The molecule has 0 spiro atoms. The molecule has 3 rings (SSSR count). The van der Waals surface area contributed by atoms with Crippen molar-refractivity contribution in [2.45, 2.75) is 13.3 Å². The number of benzene rings is 3. The van der Waals surface area contributed by atoms with Gasteiger partial charge in [-0.1, -0.05) is 73.7 Å². The molecule has 3 aromatic rings. The molecule has 0 saturated carbocycles. The van der Waals surface area contributed by atoms with Crippen LogP contribution < -0.4 is 5.32 Å². The smallest absolute Gasteiger partial charge is 0.251 e. The quantitative estimate of drug-likeness (QED) is 0.746. The van der Waals surface area contributed by atoms with E-state index in [1.54, 1.807) is 0 Å². The maximum Gasteiger partial charge on any atom is 0.251 e. The largest absolute Gasteiger partial charge is 0.352 e. The fourth-order valence-corrected chi connectivity index (χ4v) is 2.06. The summed E-state index contributed by atoms with van der Waals surface area (Å²) in [5, 5.41) is 5.43. The van der Waals surface area contributed by atoms with Gasteiger partial charge in [0, 0.05) is 12.1 Å².